The summed E-state index contributed by atoms with van der Waals surface area (Å²) in [5, 5.41) is 0.0497. The summed E-state index contributed by atoms with van der Waals surface area (Å²) in [4.78, 5) is 0.963. The molecule has 0 nitrogen and oxygen atoms in total. The highest BCUT2D eigenvalue weighted by Gasteiger charge is 2.02. The van der Waals surface area contributed by atoms with Crippen molar-refractivity contribution >= 4 is 24.2 Å². The molecule has 0 aromatic heterocycles. The summed E-state index contributed by atoms with van der Waals surface area (Å²) in [6.45, 7) is 1.94. The molecular formula is C8H9ClS. The van der Waals surface area contributed by atoms with Crippen molar-refractivity contribution in [1.29, 1.82) is 0 Å². The summed E-state index contributed by atoms with van der Waals surface area (Å²) in [6, 6.07) is 7.84. The number of alkyl halides is 1. The van der Waals surface area contributed by atoms with Gasteiger partial charge in [0.2, 0.25) is 0 Å². The van der Waals surface area contributed by atoms with Crippen molar-refractivity contribution < 1.29 is 0 Å². The van der Waals surface area contributed by atoms with E-state index < -0.39 is 0 Å². The Morgan fingerprint density at radius 2 is 2.00 bits per heavy atom. The maximum Gasteiger partial charge on any atom is 0.0568 e. The van der Waals surface area contributed by atoms with Gasteiger partial charge in [-0.05, 0) is 18.6 Å². The minimum absolute atomic E-state index is 0.0497. The van der Waals surface area contributed by atoms with E-state index in [9.17, 15) is 0 Å². The average molecular weight is 173 g/mol. The number of benzene rings is 1. The Labute approximate surface area is 71.6 Å². The van der Waals surface area contributed by atoms with E-state index in [0.29, 0.717) is 0 Å². The van der Waals surface area contributed by atoms with Crippen molar-refractivity contribution in [3.8, 4) is 0 Å². The molecule has 0 aliphatic rings. The van der Waals surface area contributed by atoms with Crippen molar-refractivity contribution in [3.05, 3.63) is 29.8 Å². The highest BCUT2D eigenvalue weighted by atomic mass is 35.5. The van der Waals surface area contributed by atoms with Gasteiger partial charge in [0.15, 0.2) is 0 Å². The summed E-state index contributed by atoms with van der Waals surface area (Å²) in [5.41, 5.74) is 1.09. The van der Waals surface area contributed by atoms with Crippen LogP contribution in [0.1, 0.15) is 17.9 Å². The third-order valence-electron chi connectivity index (χ3n) is 1.37. The molecule has 0 N–H and O–H groups in total. The molecule has 1 aromatic carbocycles. The lowest BCUT2D eigenvalue weighted by Crippen LogP contribution is -1.84. The second-order valence-electron chi connectivity index (χ2n) is 2.17. The Balaban J connectivity index is 3.03. The smallest absolute Gasteiger partial charge is 0.0568 e. The molecule has 0 saturated carbocycles. The van der Waals surface area contributed by atoms with Gasteiger partial charge in [-0.15, -0.1) is 24.2 Å². The van der Waals surface area contributed by atoms with E-state index in [0.717, 1.165) is 10.5 Å². The second-order valence-corrected chi connectivity index (χ2v) is 3.31. The van der Waals surface area contributed by atoms with Crippen LogP contribution in [0.25, 0.3) is 0 Å². The Morgan fingerprint density at radius 3 is 2.40 bits per heavy atom. The number of halogens is 1. The van der Waals surface area contributed by atoms with Gasteiger partial charge in [0, 0.05) is 4.90 Å². The Kier molecular flexibility index (Phi) is 2.64. The maximum absolute atomic E-state index is 5.86. The van der Waals surface area contributed by atoms with E-state index in [-0.39, 0.29) is 5.38 Å². The molecule has 10 heavy (non-hydrogen) atoms. The average Bonchev–Trinajstić information content (AvgIpc) is 1.88. The van der Waals surface area contributed by atoms with Gasteiger partial charge in [0.25, 0.3) is 0 Å². The number of thiol groups is 1. The van der Waals surface area contributed by atoms with Gasteiger partial charge in [0.05, 0.1) is 5.38 Å². The van der Waals surface area contributed by atoms with Crippen LogP contribution in [-0.2, 0) is 0 Å². The third-order valence-corrected chi connectivity index (χ3v) is 2.01. The molecule has 0 spiro atoms. The van der Waals surface area contributed by atoms with Crippen LogP contribution in [0.5, 0.6) is 0 Å². The molecular weight excluding hydrogens is 164 g/mol. The normalized spacial score (nSPS) is 13.1. The van der Waals surface area contributed by atoms with E-state index in [1.807, 2.05) is 31.2 Å². The lowest BCUT2D eigenvalue weighted by atomic mass is 10.2. The van der Waals surface area contributed by atoms with Crippen molar-refractivity contribution in [2.45, 2.75) is 17.2 Å². The summed E-state index contributed by atoms with van der Waals surface area (Å²) in [7, 11) is 0. The quantitative estimate of drug-likeness (QED) is 0.488. The van der Waals surface area contributed by atoms with Crippen LogP contribution in [0.3, 0.4) is 0 Å². The van der Waals surface area contributed by atoms with Crippen molar-refractivity contribution in [3.63, 3.8) is 0 Å². The van der Waals surface area contributed by atoms with Crippen molar-refractivity contribution in [2.24, 2.45) is 0 Å². The molecule has 0 bridgehead atoms. The zero-order valence-electron chi connectivity index (χ0n) is 5.71. The molecule has 1 unspecified atom stereocenters. The molecule has 0 amide bonds. The second kappa shape index (κ2) is 3.31. The van der Waals surface area contributed by atoms with Crippen LogP contribution >= 0.6 is 24.2 Å². The molecule has 0 saturated heterocycles. The Bertz CT molecular complexity index is 220. The summed E-state index contributed by atoms with van der Waals surface area (Å²) < 4.78 is 0. The fourth-order valence-electron chi connectivity index (χ4n) is 0.824. The van der Waals surface area contributed by atoms with Crippen LogP contribution < -0.4 is 0 Å². The summed E-state index contributed by atoms with van der Waals surface area (Å²) in [5.74, 6) is 0. The van der Waals surface area contributed by atoms with Gasteiger partial charge in [-0.2, -0.15) is 0 Å². The third kappa shape index (κ3) is 1.68. The van der Waals surface area contributed by atoms with E-state index in [1.165, 1.54) is 0 Å². The lowest BCUT2D eigenvalue weighted by Gasteiger charge is -2.04. The number of hydrogen-bond acceptors (Lipinski definition) is 1. The molecule has 0 radical (unpaired) electrons. The summed E-state index contributed by atoms with van der Waals surface area (Å²) in [6.07, 6.45) is 0. The molecule has 0 heterocycles. The Morgan fingerprint density at radius 1 is 1.40 bits per heavy atom. The molecule has 0 fully saturated rings. The van der Waals surface area contributed by atoms with Crippen LogP contribution in [0.15, 0.2) is 29.2 Å². The minimum Gasteiger partial charge on any atom is -0.143 e. The largest absolute Gasteiger partial charge is 0.143 e. The van der Waals surface area contributed by atoms with Gasteiger partial charge < -0.3 is 0 Å². The number of hydrogen-bond donors (Lipinski definition) is 1. The molecule has 1 atom stereocenters. The van der Waals surface area contributed by atoms with Crippen LogP contribution in [0, 0.1) is 0 Å². The lowest BCUT2D eigenvalue weighted by molar-refractivity contribution is 1.04. The van der Waals surface area contributed by atoms with Crippen LogP contribution in [0.2, 0.25) is 0 Å². The zero-order valence-corrected chi connectivity index (χ0v) is 7.36. The SMILES string of the molecule is CC(Cl)c1ccccc1S. The topological polar surface area (TPSA) is 0 Å². The first kappa shape index (κ1) is 7.96. The van der Waals surface area contributed by atoms with E-state index in [2.05, 4.69) is 12.6 Å². The predicted octanol–water partition coefficient (Wildman–Crippen LogP) is 3.28. The predicted molar refractivity (Wildman–Crippen MR) is 48.0 cm³/mol. The molecule has 1 aromatic rings. The van der Waals surface area contributed by atoms with Crippen LogP contribution in [-0.4, -0.2) is 0 Å². The van der Waals surface area contributed by atoms with E-state index in [1.54, 1.807) is 0 Å². The standard InChI is InChI=1S/C8H9ClS/c1-6(9)7-4-2-3-5-8(7)10/h2-6,10H,1H3. The van der Waals surface area contributed by atoms with Gasteiger partial charge in [0.1, 0.15) is 0 Å². The molecule has 0 aliphatic carbocycles. The van der Waals surface area contributed by atoms with Gasteiger partial charge in [-0.1, -0.05) is 18.2 Å². The highest BCUT2D eigenvalue weighted by Crippen LogP contribution is 2.24. The number of rotatable bonds is 1. The fraction of sp³-hybridized carbons (Fsp3) is 0.250. The maximum atomic E-state index is 5.86. The molecule has 2 heteroatoms. The van der Waals surface area contributed by atoms with E-state index in [4.69, 9.17) is 11.6 Å². The molecule has 54 valence electrons. The van der Waals surface area contributed by atoms with Crippen molar-refractivity contribution in [1.82, 2.24) is 0 Å². The van der Waals surface area contributed by atoms with Crippen LogP contribution in [0.4, 0.5) is 0 Å². The fourth-order valence-corrected chi connectivity index (χ4v) is 1.44. The summed E-state index contributed by atoms with van der Waals surface area (Å²) >= 11 is 10.1. The van der Waals surface area contributed by atoms with Gasteiger partial charge in [-0.3, -0.25) is 0 Å². The first-order chi connectivity index (χ1) is 4.72. The molecule has 1 rings (SSSR count). The monoisotopic (exact) mass is 172 g/mol. The zero-order chi connectivity index (χ0) is 7.56. The first-order valence-corrected chi connectivity index (χ1v) is 4.02. The van der Waals surface area contributed by atoms with Gasteiger partial charge in [-0.25, -0.2) is 0 Å². The minimum atomic E-state index is 0.0497. The van der Waals surface area contributed by atoms with Gasteiger partial charge >= 0.3 is 0 Å². The Hall–Kier alpha value is -0.140. The first-order valence-electron chi connectivity index (χ1n) is 3.14. The molecule has 0 aliphatic heterocycles. The van der Waals surface area contributed by atoms with E-state index >= 15 is 0 Å². The highest BCUT2D eigenvalue weighted by molar-refractivity contribution is 7.80. The van der Waals surface area contributed by atoms with Crippen molar-refractivity contribution in [2.75, 3.05) is 0 Å².